The number of nitrogens with zero attached hydrogens (tertiary/aromatic N) is 1. The van der Waals surface area contributed by atoms with Crippen LogP contribution in [-0.4, -0.2) is 12.0 Å². The second-order valence-corrected chi connectivity index (χ2v) is 5.86. The molecule has 0 atom stereocenters. The van der Waals surface area contributed by atoms with Crippen molar-refractivity contribution in [2.45, 2.75) is 19.1 Å². The number of alkyl halides is 3. The van der Waals surface area contributed by atoms with Crippen molar-refractivity contribution >= 4 is 22.9 Å². The molecule has 0 radical (unpaired) electrons. The van der Waals surface area contributed by atoms with E-state index in [2.05, 4.69) is 10.3 Å². The fraction of sp³-hybridized carbons (Fsp3) is 0.308. The van der Waals surface area contributed by atoms with Crippen LogP contribution in [0.15, 0.2) is 18.2 Å². The highest BCUT2D eigenvalue weighted by Gasteiger charge is 2.37. The van der Waals surface area contributed by atoms with Crippen LogP contribution >= 0.6 is 22.9 Å². The Balaban J connectivity index is 2.37. The largest absolute Gasteiger partial charge is 0.434 e. The van der Waals surface area contributed by atoms with Crippen LogP contribution in [0.25, 0.3) is 0 Å². The fourth-order valence-corrected chi connectivity index (χ4v) is 3.17. The average Bonchev–Trinajstić information content (AvgIpc) is 2.77. The molecule has 0 aliphatic rings. The minimum absolute atomic E-state index is 0.0531. The van der Waals surface area contributed by atoms with Gasteiger partial charge in [-0.2, -0.15) is 13.2 Å². The van der Waals surface area contributed by atoms with Crippen molar-refractivity contribution in [2.24, 2.45) is 0 Å². The molecular weight excluding hydrogens is 328 g/mol. The second kappa shape index (κ2) is 6.29. The van der Waals surface area contributed by atoms with E-state index in [-0.39, 0.29) is 33.4 Å². The van der Waals surface area contributed by atoms with Gasteiger partial charge in [-0.1, -0.05) is 17.7 Å². The lowest BCUT2D eigenvalue weighted by atomic mass is 10.1. The minimum atomic E-state index is -4.53. The fourth-order valence-electron chi connectivity index (χ4n) is 1.83. The third-order valence-corrected chi connectivity index (χ3v) is 4.15. The van der Waals surface area contributed by atoms with Crippen molar-refractivity contribution < 1.29 is 17.6 Å². The molecule has 0 saturated heterocycles. The Morgan fingerprint density at radius 1 is 1.33 bits per heavy atom. The van der Waals surface area contributed by atoms with Crippen LogP contribution in [0, 0.1) is 5.82 Å². The van der Waals surface area contributed by atoms with Crippen molar-refractivity contribution in [2.75, 3.05) is 7.05 Å². The monoisotopic (exact) mass is 338 g/mol. The highest BCUT2D eigenvalue weighted by Crippen LogP contribution is 2.35. The molecule has 0 unspecified atom stereocenters. The van der Waals surface area contributed by atoms with Crippen LogP contribution in [-0.2, 0) is 19.1 Å². The summed E-state index contributed by atoms with van der Waals surface area (Å²) in [6, 6.07) is 4.15. The van der Waals surface area contributed by atoms with Gasteiger partial charge in [0.15, 0.2) is 5.69 Å². The van der Waals surface area contributed by atoms with E-state index in [1.165, 1.54) is 18.2 Å². The molecule has 0 spiro atoms. The quantitative estimate of drug-likeness (QED) is 0.842. The predicted molar refractivity (Wildman–Crippen MR) is 74.1 cm³/mol. The second-order valence-electron chi connectivity index (χ2n) is 4.28. The number of halogens is 5. The summed E-state index contributed by atoms with van der Waals surface area (Å²) in [5.41, 5.74) is -0.776. The minimum Gasteiger partial charge on any atom is -0.315 e. The Bertz CT molecular complexity index is 619. The third-order valence-electron chi connectivity index (χ3n) is 2.74. The van der Waals surface area contributed by atoms with E-state index in [1.54, 1.807) is 7.05 Å². The SMILES string of the molecule is CNCc1sc(Cc2c(F)cccc2Cl)nc1C(F)(F)F. The van der Waals surface area contributed by atoms with Gasteiger partial charge in [0.2, 0.25) is 0 Å². The van der Waals surface area contributed by atoms with E-state index < -0.39 is 17.7 Å². The first-order chi connectivity index (χ1) is 9.82. The van der Waals surface area contributed by atoms with Crippen LogP contribution < -0.4 is 5.32 Å². The molecule has 0 fully saturated rings. The lowest BCUT2D eigenvalue weighted by Gasteiger charge is -2.05. The van der Waals surface area contributed by atoms with Crippen molar-refractivity contribution in [3.63, 3.8) is 0 Å². The lowest BCUT2D eigenvalue weighted by Crippen LogP contribution is -2.12. The number of aromatic nitrogens is 1. The summed E-state index contributed by atoms with van der Waals surface area (Å²) in [7, 11) is 1.55. The van der Waals surface area contributed by atoms with E-state index in [9.17, 15) is 17.6 Å². The maximum atomic E-state index is 13.7. The molecule has 2 nitrogen and oxygen atoms in total. The Morgan fingerprint density at radius 2 is 2.05 bits per heavy atom. The van der Waals surface area contributed by atoms with Crippen LogP contribution in [0.3, 0.4) is 0 Å². The summed E-state index contributed by atoms with van der Waals surface area (Å²) < 4.78 is 52.4. The molecule has 8 heteroatoms. The number of thiazole rings is 1. The molecule has 0 amide bonds. The first-order valence-electron chi connectivity index (χ1n) is 5.96. The molecule has 114 valence electrons. The maximum Gasteiger partial charge on any atom is 0.434 e. The summed E-state index contributed by atoms with van der Waals surface area (Å²) in [6.45, 7) is 0.0531. The van der Waals surface area contributed by atoms with E-state index in [1.807, 2.05) is 0 Å². The molecule has 2 rings (SSSR count). The predicted octanol–water partition coefficient (Wildman–Crippen LogP) is 4.26. The van der Waals surface area contributed by atoms with Gasteiger partial charge in [-0.05, 0) is 19.2 Å². The van der Waals surface area contributed by atoms with Gasteiger partial charge in [0.05, 0.1) is 9.88 Å². The van der Waals surface area contributed by atoms with Gasteiger partial charge in [-0.15, -0.1) is 11.3 Å². The van der Waals surface area contributed by atoms with Gasteiger partial charge in [-0.25, -0.2) is 9.37 Å². The molecule has 1 N–H and O–H groups in total. The van der Waals surface area contributed by atoms with Gasteiger partial charge < -0.3 is 5.32 Å². The molecule has 0 bridgehead atoms. The summed E-state index contributed by atoms with van der Waals surface area (Å²) in [6.07, 6.45) is -4.59. The summed E-state index contributed by atoms with van der Waals surface area (Å²) in [4.78, 5) is 3.68. The number of rotatable bonds is 4. The molecule has 0 aliphatic heterocycles. The number of hydrogen-bond acceptors (Lipinski definition) is 3. The Hall–Kier alpha value is -1.18. The molecular formula is C13H11ClF4N2S. The summed E-state index contributed by atoms with van der Waals surface area (Å²) in [5.74, 6) is -0.554. The highest BCUT2D eigenvalue weighted by molar-refractivity contribution is 7.11. The molecule has 0 aliphatic carbocycles. The van der Waals surface area contributed by atoms with Gasteiger partial charge in [0, 0.05) is 23.6 Å². The van der Waals surface area contributed by atoms with Crippen molar-refractivity contribution in [1.29, 1.82) is 0 Å². The van der Waals surface area contributed by atoms with Gasteiger partial charge in [0.1, 0.15) is 5.82 Å². The summed E-state index contributed by atoms with van der Waals surface area (Å²) in [5, 5.41) is 3.02. The topological polar surface area (TPSA) is 24.9 Å². The van der Waals surface area contributed by atoms with E-state index in [4.69, 9.17) is 11.6 Å². The van der Waals surface area contributed by atoms with Gasteiger partial charge >= 0.3 is 6.18 Å². The normalized spacial score (nSPS) is 11.9. The number of hydrogen-bond donors (Lipinski definition) is 1. The van der Waals surface area contributed by atoms with Crippen LogP contribution in [0.2, 0.25) is 5.02 Å². The number of benzene rings is 1. The molecule has 1 aromatic carbocycles. The van der Waals surface area contributed by atoms with Crippen molar-refractivity contribution in [3.05, 3.63) is 50.2 Å². The van der Waals surface area contributed by atoms with Crippen LogP contribution in [0.4, 0.5) is 17.6 Å². The van der Waals surface area contributed by atoms with Gasteiger partial charge in [0.25, 0.3) is 0 Å². The Kier molecular flexibility index (Phi) is 4.85. The molecule has 0 saturated carbocycles. The van der Waals surface area contributed by atoms with Crippen LogP contribution in [0.1, 0.15) is 21.1 Å². The zero-order valence-corrected chi connectivity index (χ0v) is 12.5. The first kappa shape index (κ1) is 16.2. The maximum absolute atomic E-state index is 13.7. The zero-order valence-electron chi connectivity index (χ0n) is 10.9. The number of nitrogens with one attached hydrogen (secondary N) is 1. The smallest absolute Gasteiger partial charge is 0.315 e. The van der Waals surface area contributed by atoms with Crippen LogP contribution in [0.5, 0.6) is 0 Å². The zero-order chi connectivity index (χ0) is 15.6. The molecule has 1 heterocycles. The molecule has 2 aromatic rings. The molecule has 21 heavy (non-hydrogen) atoms. The van der Waals surface area contributed by atoms with E-state index >= 15 is 0 Å². The van der Waals surface area contributed by atoms with Crippen molar-refractivity contribution in [1.82, 2.24) is 10.3 Å². The highest BCUT2D eigenvalue weighted by atomic mass is 35.5. The lowest BCUT2D eigenvalue weighted by molar-refractivity contribution is -0.141. The Labute approximate surface area is 127 Å². The van der Waals surface area contributed by atoms with Gasteiger partial charge in [-0.3, -0.25) is 0 Å². The average molecular weight is 339 g/mol. The van der Waals surface area contributed by atoms with Crippen molar-refractivity contribution in [3.8, 4) is 0 Å². The first-order valence-corrected chi connectivity index (χ1v) is 7.15. The van der Waals surface area contributed by atoms with E-state index in [0.29, 0.717) is 0 Å². The molecule has 1 aromatic heterocycles. The Morgan fingerprint density at radius 3 is 2.62 bits per heavy atom. The van der Waals surface area contributed by atoms with E-state index in [0.717, 1.165) is 11.3 Å². The summed E-state index contributed by atoms with van der Waals surface area (Å²) >= 11 is 6.78. The third kappa shape index (κ3) is 3.72. The standard InChI is InChI=1S/C13H11ClF4N2S/c1-19-6-10-12(13(16,17)18)20-11(21-10)5-7-8(14)3-2-4-9(7)15/h2-4,19H,5-6H2,1H3.